The first-order valence-electron chi connectivity index (χ1n) is 10.8. The second-order valence-corrected chi connectivity index (χ2v) is 9.27. The van der Waals surface area contributed by atoms with Crippen LogP contribution in [0.4, 0.5) is 5.13 Å². The molecule has 1 amide bonds. The van der Waals surface area contributed by atoms with Crippen LogP contribution in [0.1, 0.15) is 31.2 Å². The van der Waals surface area contributed by atoms with Gasteiger partial charge in [0.15, 0.2) is 5.13 Å². The van der Waals surface area contributed by atoms with Crippen molar-refractivity contribution in [1.29, 1.82) is 0 Å². The van der Waals surface area contributed by atoms with E-state index in [2.05, 4.69) is 32.2 Å². The van der Waals surface area contributed by atoms with Gasteiger partial charge in [0.2, 0.25) is 5.91 Å². The lowest BCUT2D eigenvalue weighted by Crippen LogP contribution is -2.52. The molecule has 2 unspecified atom stereocenters. The summed E-state index contributed by atoms with van der Waals surface area (Å²) in [7, 11) is 0. The van der Waals surface area contributed by atoms with Gasteiger partial charge in [-0.3, -0.25) is 14.7 Å². The number of nitrogens with one attached hydrogen (secondary N) is 1. The second-order valence-electron chi connectivity index (χ2n) is 8.26. The van der Waals surface area contributed by atoms with Crippen LogP contribution in [0.25, 0.3) is 10.2 Å². The molecule has 1 N–H and O–H groups in total. The van der Waals surface area contributed by atoms with Crippen molar-refractivity contribution in [3.63, 3.8) is 0 Å². The smallest absolute Gasteiger partial charge is 0.243 e. The van der Waals surface area contributed by atoms with Gasteiger partial charge in [-0.2, -0.15) is 0 Å². The highest BCUT2D eigenvalue weighted by Gasteiger charge is 2.33. The van der Waals surface area contributed by atoms with Crippen LogP contribution in [-0.4, -0.2) is 52.5 Å². The Morgan fingerprint density at radius 1 is 1.13 bits per heavy atom. The highest BCUT2D eigenvalue weighted by atomic mass is 32.1. The summed E-state index contributed by atoms with van der Waals surface area (Å²) in [5, 5.41) is 4.31. The highest BCUT2D eigenvalue weighted by Crippen LogP contribution is 2.32. The van der Waals surface area contributed by atoms with Crippen LogP contribution < -0.4 is 10.2 Å². The Bertz CT molecular complexity index is 974. The first-order valence-corrected chi connectivity index (χ1v) is 11.6. The van der Waals surface area contributed by atoms with Crippen molar-refractivity contribution in [2.75, 3.05) is 24.5 Å². The molecule has 2 saturated heterocycles. The van der Waals surface area contributed by atoms with Crippen molar-refractivity contribution in [1.82, 2.24) is 20.2 Å². The van der Waals surface area contributed by atoms with E-state index >= 15 is 0 Å². The Balaban J connectivity index is 1.23. The topological polar surface area (TPSA) is 61.4 Å². The van der Waals surface area contributed by atoms with E-state index in [-0.39, 0.29) is 18.0 Å². The Kier molecular flexibility index (Phi) is 5.64. The molecule has 2 atom stereocenters. The number of pyridine rings is 1. The van der Waals surface area contributed by atoms with Gasteiger partial charge in [0.1, 0.15) is 6.04 Å². The molecule has 0 saturated carbocycles. The van der Waals surface area contributed by atoms with Crippen molar-refractivity contribution < 1.29 is 4.79 Å². The Morgan fingerprint density at radius 3 is 2.93 bits per heavy atom. The zero-order valence-corrected chi connectivity index (χ0v) is 17.9. The standard InChI is InChI=1S/C23H27N5OS/c29-22(25-18-10-13-27(16-18)15-17-6-5-11-24-14-17)20-8-3-4-12-28(20)23-26-19-7-1-2-9-21(19)30-23/h1-2,5-7,9,11,14,18,20H,3-4,8,10,12-13,15-16H2,(H,25,29). The summed E-state index contributed by atoms with van der Waals surface area (Å²) in [4.78, 5) is 26.8. The zero-order chi connectivity index (χ0) is 20.3. The van der Waals surface area contributed by atoms with Gasteiger partial charge in [0.05, 0.1) is 10.2 Å². The summed E-state index contributed by atoms with van der Waals surface area (Å²) in [6.45, 7) is 3.69. The number of hydrogen-bond acceptors (Lipinski definition) is 6. The van der Waals surface area contributed by atoms with Crippen LogP contribution in [0, 0.1) is 0 Å². The maximum Gasteiger partial charge on any atom is 0.243 e. The molecule has 3 aromatic rings. The number of rotatable bonds is 5. The number of fused-ring (bicyclic) bond motifs is 1. The number of thiazole rings is 1. The molecule has 5 rings (SSSR count). The fraction of sp³-hybridized carbons (Fsp3) is 0.435. The van der Waals surface area contributed by atoms with Gasteiger partial charge in [0, 0.05) is 44.6 Å². The Morgan fingerprint density at radius 2 is 2.07 bits per heavy atom. The predicted octanol–water partition coefficient (Wildman–Crippen LogP) is 3.44. The summed E-state index contributed by atoms with van der Waals surface area (Å²) in [5.74, 6) is 0.155. The molecule has 2 aliphatic heterocycles. The number of piperidine rings is 1. The molecule has 2 aromatic heterocycles. The van der Waals surface area contributed by atoms with E-state index in [1.54, 1.807) is 17.5 Å². The minimum atomic E-state index is -0.119. The van der Waals surface area contributed by atoms with E-state index in [1.165, 1.54) is 10.3 Å². The number of nitrogens with zero attached hydrogens (tertiary/aromatic N) is 4. The van der Waals surface area contributed by atoms with Crippen LogP contribution in [0.2, 0.25) is 0 Å². The maximum absolute atomic E-state index is 13.2. The number of amides is 1. The van der Waals surface area contributed by atoms with E-state index in [1.807, 2.05) is 30.5 Å². The Hall–Kier alpha value is -2.51. The minimum absolute atomic E-state index is 0.119. The van der Waals surface area contributed by atoms with Crippen LogP contribution >= 0.6 is 11.3 Å². The average molecular weight is 422 g/mol. The summed E-state index contributed by atoms with van der Waals surface area (Å²) in [6, 6.07) is 12.4. The van der Waals surface area contributed by atoms with Gasteiger partial charge < -0.3 is 10.2 Å². The first kappa shape index (κ1) is 19.5. The lowest BCUT2D eigenvalue weighted by Gasteiger charge is -2.35. The Labute approximate surface area is 180 Å². The number of anilines is 1. The van der Waals surface area contributed by atoms with Gasteiger partial charge in [-0.15, -0.1) is 0 Å². The van der Waals surface area contributed by atoms with Gasteiger partial charge in [0.25, 0.3) is 0 Å². The monoisotopic (exact) mass is 421 g/mol. The normalized spacial score (nSPS) is 22.5. The molecule has 30 heavy (non-hydrogen) atoms. The number of benzene rings is 1. The van der Waals surface area contributed by atoms with Crippen LogP contribution in [-0.2, 0) is 11.3 Å². The van der Waals surface area contributed by atoms with Gasteiger partial charge >= 0.3 is 0 Å². The zero-order valence-electron chi connectivity index (χ0n) is 17.0. The molecular formula is C23H27N5OS. The van der Waals surface area contributed by atoms with Gasteiger partial charge in [-0.25, -0.2) is 4.98 Å². The number of likely N-dealkylation sites (tertiary alicyclic amines) is 1. The maximum atomic E-state index is 13.2. The molecule has 1 aromatic carbocycles. The SMILES string of the molecule is O=C(NC1CCN(Cc2cccnc2)C1)C1CCCCN1c1nc2ccccc2s1. The van der Waals surface area contributed by atoms with Crippen LogP contribution in [0.3, 0.4) is 0 Å². The first-order chi connectivity index (χ1) is 14.8. The third-order valence-electron chi connectivity index (χ3n) is 6.08. The lowest BCUT2D eigenvalue weighted by molar-refractivity contribution is -0.123. The number of hydrogen-bond donors (Lipinski definition) is 1. The third-order valence-corrected chi connectivity index (χ3v) is 7.15. The van der Waals surface area contributed by atoms with E-state index in [4.69, 9.17) is 4.98 Å². The van der Waals surface area contributed by atoms with E-state index in [0.717, 1.165) is 62.5 Å². The molecule has 4 heterocycles. The molecule has 0 aliphatic carbocycles. The average Bonchev–Trinajstić information content (AvgIpc) is 3.41. The van der Waals surface area contributed by atoms with Crippen LogP contribution in [0.15, 0.2) is 48.8 Å². The van der Waals surface area contributed by atoms with Crippen molar-refractivity contribution in [2.45, 2.75) is 44.3 Å². The fourth-order valence-electron chi connectivity index (χ4n) is 4.56. The van der Waals surface area contributed by atoms with Gasteiger partial charge in [-0.1, -0.05) is 29.5 Å². The largest absolute Gasteiger partial charge is 0.350 e. The summed E-state index contributed by atoms with van der Waals surface area (Å²) >= 11 is 1.69. The molecule has 2 fully saturated rings. The molecule has 156 valence electrons. The predicted molar refractivity (Wildman–Crippen MR) is 121 cm³/mol. The molecule has 7 heteroatoms. The van der Waals surface area contributed by atoms with Crippen molar-refractivity contribution in [3.8, 4) is 0 Å². The minimum Gasteiger partial charge on any atom is -0.350 e. The van der Waals surface area contributed by atoms with E-state index < -0.39 is 0 Å². The summed E-state index contributed by atoms with van der Waals surface area (Å²) in [6.07, 6.45) is 7.83. The molecule has 2 aliphatic rings. The second kappa shape index (κ2) is 8.70. The fourth-order valence-corrected chi connectivity index (χ4v) is 5.60. The molecular weight excluding hydrogens is 394 g/mol. The number of carbonyl (C=O) groups is 1. The molecule has 0 spiro atoms. The van der Waals surface area contributed by atoms with Crippen LogP contribution in [0.5, 0.6) is 0 Å². The number of para-hydroxylation sites is 1. The summed E-state index contributed by atoms with van der Waals surface area (Å²) < 4.78 is 1.18. The third kappa shape index (κ3) is 4.18. The van der Waals surface area contributed by atoms with E-state index in [0.29, 0.717) is 0 Å². The molecule has 0 bridgehead atoms. The van der Waals surface area contributed by atoms with Crippen molar-refractivity contribution in [2.24, 2.45) is 0 Å². The van der Waals surface area contributed by atoms with E-state index in [9.17, 15) is 4.79 Å². The number of carbonyl (C=O) groups excluding carboxylic acids is 1. The molecule has 6 nitrogen and oxygen atoms in total. The molecule has 0 radical (unpaired) electrons. The van der Waals surface area contributed by atoms with Gasteiger partial charge in [-0.05, 0) is 49.4 Å². The number of aromatic nitrogens is 2. The van der Waals surface area contributed by atoms with Crippen molar-refractivity contribution >= 4 is 32.6 Å². The highest BCUT2D eigenvalue weighted by molar-refractivity contribution is 7.22. The van der Waals surface area contributed by atoms with Crippen molar-refractivity contribution in [3.05, 3.63) is 54.4 Å². The quantitative estimate of drug-likeness (QED) is 0.684. The lowest BCUT2D eigenvalue weighted by atomic mass is 10.0. The summed E-state index contributed by atoms with van der Waals surface area (Å²) in [5.41, 5.74) is 2.24.